The topological polar surface area (TPSA) is 57.6 Å². The molecule has 2 aliphatic rings. The number of amides is 1. The molecule has 108 valence electrons. The van der Waals surface area contributed by atoms with Crippen molar-refractivity contribution < 1.29 is 14.7 Å². The van der Waals surface area contributed by atoms with Gasteiger partial charge in [0, 0.05) is 12.6 Å². The molecule has 0 aromatic heterocycles. The van der Waals surface area contributed by atoms with Crippen LogP contribution in [0.4, 0.5) is 0 Å². The van der Waals surface area contributed by atoms with E-state index in [-0.39, 0.29) is 11.8 Å². The highest BCUT2D eigenvalue weighted by molar-refractivity contribution is 5.85. The van der Waals surface area contributed by atoms with Crippen LogP contribution in [0, 0.1) is 11.8 Å². The molecule has 4 heteroatoms. The van der Waals surface area contributed by atoms with Crippen LogP contribution in [0.2, 0.25) is 0 Å². The van der Waals surface area contributed by atoms with E-state index in [1.54, 1.807) is 0 Å². The van der Waals surface area contributed by atoms with Gasteiger partial charge in [0.05, 0.1) is 11.8 Å². The summed E-state index contributed by atoms with van der Waals surface area (Å²) in [5.41, 5.74) is 0. The van der Waals surface area contributed by atoms with Gasteiger partial charge in [-0.25, -0.2) is 0 Å². The maximum absolute atomic E-state index is 12.7. The number of hydrogen-bond acceptors (Lipinski definition) is 2. The molecule has 2 fully saturated rings. The fourth-order valence-electron chi connectivity index (χ4n) is 3.74. The van der Waals surface area contributed by atoms with Gasteiger partial charge < -0.3 is 10.0 Å². The van der Waals surface area contributed by atoms with E-state index in [0.717, 1.165) is 32.1 Å². The van der Waals surface area contributed by atoms with Crippen LogP contribution in [0.5, 0.6) is 0 Å². The molecule has 2 rings (SSSR count). The SMILES string of the molecule is CCN(C(=O)[C@@H]1CCCC[C@@H]1C(=O)O)C1CCCC1. The highest BCUT2D eigenvalue weighted by Gasteiger charge is 2.39. The minimum Gasteiger partial charge on any atom is -0.481 e. The van der Waals surface area contributed by atoms with Gasteiger partial charge >= 0.3 is 5.97 Å². The standard InChI is InChI=1S/C15H25NO3/c1-2-16(11-7-3-4-8-11)14(17)12-9-5-6-10-13(12)15(18)19/h11-13H,2-10H2,1H3,(H,18,19)/t12-,13+/m1/s1. The second-order valence-electron chi connectivity index (χ2n) is 5.90. The molecule has 0 heterocycles. The third-order valence-corrected chi connectivity index (χ3v) is 4.79. The number of nitrogens with zero attached hydrogens (tertiary/aromatic N) is 1. The molecule has 0 spiro atoms. The van der Waals surface area contributed by atoms with Crippen molar-refractivity contribution in [2.75, 3.05) is 6.54 Å². The maximum Gasteiger partial charge on any atom is 0.307 e. The van der Waals surface area contributed by atoms with Gasteiger partial charge in [-0.05, 0) is 32.6 Å². The molecule has 0 bridgehead atoms. The van der Waals surface area contributed by atoms with E-state index in [4.69, 9.17) is 0 Å². The van der Waals surface area contributed by atoms with E-state index in [9.17, 15) is 14.7 Å². The van der Waals surface area contributed by atoms with Crippen LogP contribution >= 0.6 is 0 Å². The summed E-state index contributed by atoms with van der Waals surface area (Å²) in [5, 5.41) is 9.31. The van der Waals surface area contributed by atoms with E-state index in [1.165, 1.54) is 12.8 Å². The molecule has 2 atom stereocenters. The second-order valence-corrected chi connectivity index (χ2v) is 5.90. The van der Waals surface area contributed by atoms with Crippen LogP contribution in [0.3, 0.4) is 0 Å². The Morgan fingerprint density at radius 3 is 2.05 bits per heavy atom. The average molecular weight is 267 g/mol. The molecule has 0 aromatic rings. The van der Waals surface area contributed by atoms with E-state index in [1.807, 2.05) is 11.8 Å². The maximum atomic E-state index is 12.7. The van der Waals surface area contributed by atoms with Crippen LogP contribution in [-0.2, 0) is 9.59 Å². The molecule has 0 saturated heterocycles. The summed E-state index contributed by atoms with van der Waals surface area (Å²) in [6.07, 6.45) is 7.91. The first-order chi connectivity index (χ1) is 9.15. The molecule has 2 saturated carbocycles. The summed E-state index contributed by atoms with van der Waals surface area (Å²) in [5.74, 6) is -1.44. The molecule has 1 N–H and O–H groups in total. The first kappa shape index (κ1) is 14.4. The zero-order valence-corrected chi connectivity index (χ0v) is 11.8. The molecule has 4 nitrogen and oxygen atoms in total. The van der Waals surface area contributed by atoms with Crippen molar-refractivity contribution >= 4 is 11.9 Å². The molecule has 2 aliphatic carbocycles. The van der Waals surface area contributed by atoms with Crippen molar-refractivity contribution in [1.82, 2.24) is 4.90 Å². The Bertz CT molecular complexity index is 336. The normalized spacial score (nSPS) is 28.3. The van der Waals surface area contributed by atoms with Crippen molar-refractivity contribution in [2.45, 2.75) is 64.3 Å². The van der Waals surface area contributed by atoms with E-state index in [2.05, 4.69) is 0 Å². The fourth-order valence-corrected chi connectivity index (χ4v) is 3.74. The number of carbonyl (C=O) groups excluding carboxylic acids is 1. The first-order valence-corrected chi connectivity index (χ1v) is 7.68. The van der Waals surface area contributed by atoms with Crippen molar-refractivity contribution in [3.8, 4) is 0 Å². The zero-order chi connectivity index (χ0) is 13.8. The van der Waals surface area contributed by atoms with Crippen LogP contribution in [-0.4, -0.2) is 34.5 Å². The van der Waals surface area contributed by atoms with E-state index in [0.29, 0.717) is 19.0 Å². The predicted molar refractivity (Wildman–Crippen MR) is 72.7 cm³/mol. The third kappa shape index (κ3) is 3.10. The third-order valence-electron chi connectivity index (χ3n) is 4.79. The van der Waals surface area contributed by atoms with Crippen LogP contribution in [0.25, 0.3) is 0 Å². The number of carbonyl (C=O) groups is 2. The lowest BCUT2D eigenvalue weighted by Crippen LogP contribution is -2.46. The van der Waals surface area contributed by atoms with Gasteiger partial charge in [-0.2, -0.15) is 0 Å². The monoisotopic (exact) mass is 267 g/mol. The lowest BCUT2D eigenvalue weighted by Gasteiger charge is -2.35. The summed E-state index contributed by atoms with van der Waals surface area (Å²) < 4.78 is 0. The van der Waals surface area contributed by atoms with Crippen molar-refractivity contribution in [3.05, 3.63) is 0 Å². The molecule has 1 amide bonds. The lowest BCUT2D eigenvalue weighted by molar-refractivity contribution is -0.153. The van der Waals surface area contributed by atoms with Gasteiger partial charge in [-0.15, -0.1) is 0 Å². The van der Waals surface area contributed by atoms with Gasteiger partial charge in [0.2, 0.25) is 5.91 Å². The molecular weight excluding hydrogens is 242 g/mol. The van der Waals surface area contributed by atoms with E-state index < -0.39 is 11.9 Å². The van der Waals surface area contributed by atoms with Crippen molar-refractivity contribution in [1.29, 1.82) is 0 Å². The summed E-state index contributed by atoms with van der Waals surface area (Å²) in [6, 6.07) is 0.355. The summed E-state index contributed by atoms with van der Waals surface area (Å²) in [6.45, 7) is 2.72. The number of rotatable bonds is 4. The van der Waals surface area contributed by atoms with Crippen LogP contribution in [0.1, 0.15) is 58.3 Å². The smallest absolute Gasteiger partial charge is 0.307 e. The largest absolute Gasteiger partial charge is 0.481 e. The quantitative estimate of drug-likeness (QED) is 0.852. The van der Waals surface area contributed by atoms with Crippen molar-refractivity contribution in [3.63, 3.8) is 0 Å². The summed E-state index contributed by atoms with van der Waals surface area (Å²) in [4.78, 5) is 26.0. The summed E-state index contributed by atoms with van der Waals surface area (Å²) >= 11 is 0. The van der Waals surface area contributed by atoms with Gasteiger partial charge in [0.15, 0.2) is 0 Å². The van der Waals surface area contributed by atoms with E-state index >= 15 is 0 Å². The Kier molecular flexibility index (Phi) is 4.83. The summed E-state index contributed by atoms with van der Waals surface area (Å²) in [7, 11) is 0. The van der Waals surface area contributed by atoms with Gasteiger partial charge in [0.1, 0.15) is 0 Å². The Labute approximate surface area is 115 Å². The molecule has 0 aliphatic heterocycles. The number of carboxylic acid groups (broad SMARTS) is 1. The Morgan fingerprint density at radius 1 is 1.00 bits per heavy atom. The van der Waals surface area contributed by atoms with Crippen molar-refractivity contribution in [2.24, 2.45) is 11.8 Å². The average Bonchev–Trinajstić information content (AvgIpc) is 2.93. The minimum absolute atomic E-state index is 0.0986. The fraction of sp³-hybridized carbons (Fsp3) is 0.867. The number of aliphatic carboxylic acids is 1. The van der Waals surface area contributed by atoms with Gasteiger partial charge in [-0.1, -0.05) is 25.7 Å². The Balaban J connectivity index is 2.08. The molecule has 0 unspecified atom stereocenters. The minimum atomic E-state index is -0.791. The van der Waals surface area contributed by atoms with Crippen LogP contribution in [0.15, 0.2) is 0 Å². The Morgan fingerprint density at radius 2 is 1.53 bits per heavy atom. The van der Waals surface area contributed by atoms with Crippen LogP contribution < -0.4 is 0 Å². The molecular formula is C15H25NO3. The highest BCUT2D eigenvalue weighted by atomic mass is 16.4. The van der Waals surface area contributed by atoms with Gasteiger partial charge in [-0.3, -0.25) is 9.59 Å². The number of hydrogen-bond donors (Lipinski definition) is 1. The van der Waals surface area contributed by atoms with Gasteiger partial charge in [0.25, 0.3) is 0 Å². The molecule has 0 aromatic carbocycles. The first-order valence-electron chi connectivity index (χ1n) is 7.68. The second kappa shape index (κ2) is 6.40. The highest BCUT2D eigenvalue weighted by Crippen LogP contribution is 2.33. The molecule has 19 heavy (non-hydrogen) atoms. The predicted octanol–water partition coefficient (Wildman–Crippen LogP) is 2.67. The number of carboxylic acids is 1. The molecule has 0 radical (unpaired) electrons. The Hall–Kier alpha value is -1.06. The lowest BCUT2D eigenvalue weighted by atomic mass is 9.78. The zero-order valence-electron chi connectivity index (χ0n) is 11.8.